The molecule has 3 aromatic rings. The lowest BCUT2D eigenvalue weighted by Crippen LogP contribution is -2.53. The molecule has 3 rings (SSSR count). The Morgan fingerprint density at radius 2 is 1.63 bits per heavy atom. The van der Waals surface area contributed by atoms with E-state index in [4.69, 9.17) is 4.74 Å². The summed E-state index contributed by atoms with van der Waals surface area (Å²) in [4.78, 5) is 41.8. The number of ether oxygens (including phenoxy) is 1. The van der Waals surface area contributed by atoms with Gasteiger partial charge in [0.15, 0.2) is 0 Å². The Bertz CT molecular complexity index is 1290. The molecule has 0 spiro atoms. The van der Waals surface area contributed by atoms with Crippen LogP contribution in [0.5, 0.6) is 0 Å². The van der Waals surface area contributed by atoms with E-state index < -0.39 is 29.7 Å². The first kappa shape index (κ1) is 29.0. The molecule has 0 fully saturated rings. The number of amides is 3. The summed E-state index contributed by atoms with van der Waals surface area (Å²) >= 11 is 4.33. The van der Waals surface area contributed by atoms with Gasteiger partial charge in [-0.3, -0.25) is 9.59 Å². The van der Waals surface area contributed by atoms with Crippen molar-refractivity contribution in [3.8, 4) is 0 Å². The normalized spacial score (nSPS) is 12.9. The summed E-state index contributed by atoms with van der Waals surface area (Å²) in [5, 5.41) is 7.71. The van der Waals surface area contributed by atoms with Gasteiger partial charge >= 0.3 is 6.09 Å². The van der Waals surface area contributed by atoms with Gasteiger partial charge in [0.25, 0.3) is 5.91 Å². The number of rotatable bonds is 9. The molecule has 2 N–H and O–H groups in total. The van der Waals surface area contributed by atoms with Crippen molar-refractivity contribution in [3.05, 3.63) is 77.9 Å². The molecule has 0 aromatic heterocycles. The molecule has 0 aliphatic rings. The summed E-state index contributed by atoms with van der Waals surface area (Å²) in [7, 11) is 0. The number of thiol groups is 1. The lowest BCUT2D eigenvalue weighted by atomic mass is 9.98. The maximum atomic E-state index is 13.9. The van der Waals surface area contributed by atoms with Crippen LogP contribution in [0, 0.1) is 6.92 Å². The summed E-state index contributed by atoms with van der Waals surface area (Å²) in [6.45, 7) is 9.41. The minimum Gasteiger partial charge on any atom is -0.444 e. The molecule has 2 atom stereocenters. The third kappa shape index (κ3) is 7.51. The molecule has 0 aliphatic heterocycles. The van der Waals surface area contributed by atoms with Crippen molar-refractivity contribution < 1.29 is 19.1 Å². The number of nitrogens with zero attached hydrogens (tertiary/aromatic N) is 1. The molecule has 3 aromatic carbocycles. The fraction of sp³-hybridized carbons (Fsp3) is 0.367. The van der Waals surface area contributed by atoms with Gasteiger partial charge in [-0.1, -0.05) is 61.5 Å². The monoisotopic (exact) mass is 535 g/mol. The summed E-state index contributed by atoms with van der Waals surface area (Å²) in [5.41, 5.74) is 1.50. The zero-order valence-electron chi connectivity index (χ0n) is 22.7. The maximum Gasteiger partial charge on any atom is 0.408 e. The van der Waals surface area contributed by atoms with Gasteiger partial charge in [-0.2, -0.15) is 12.6 Å². The van der Waals surface area contributed by atoms with E-state index in [0.717, 1.165) is 16.3 Å². The Hall–Kier alpha value is -3.52. The number of hydrogen-bond acceptors (Lipinski definition) is 5. The number of nitrogens with one attached hydrogen (secondary N) is 2. The molecule has 0 heterocycles. The largest absolute Gasteiger partial charge is 0.444 e. The number of benzene rings is 3. The topological polar surface area (TPSA) is 87.7 Å². The van der Waals surface area contributed by atoms with Gasteiger partial charge < -0.3 is 20.3 Å². The Labute approximate surface area is 230 Å². The van der Waals surface area contributed by atoms with Crippen molar-refractivity contribution >= 4 is 47.0 Å². The Kier molecular flexibility index (Phi) is 9.80. The predicted molar refractivity (Wildman–Crippen MR) is 156 cm³/mol. The molecule has 0 bridgehead atoms. The first-order chi connectivity index (χ1) is 18.0. The zero-order chi connectivity index (χ0) is 27.9. The van der Waals surface area contributed by atoms with Crippen LogP contribution in [-0.4, -0.2) is 46.7 Å². The van der Waals surface area contributed by atoms with E-state index in [1.54, 1.807) is 20.8 Å². The molecule has 7 nitrogen and oxygen atoms in total. The summed E-state index contributed by atoms with van der Waals surface area (Å²) in [6, 6.07) is 19.2. The lowest BCUT2D eigenvalue weighted by molar-refractivity contribution is -0.140. The first-order valence-corrected chi connectivity index (χ1v) is 13.4. The number of anilines is 1. The number of hydrogen-bond donors (Lipinski definition) is 3. The van der Waals surface area contributed by atoms with Crippen LogP contribution in [0.3, 0.4) is 0 Å². The van der Waals surface area contributed by atoms with E-state index in [1.165, 1.54) is 4.90 Å². The van der Waals surface area contributed by atoms with Gasteiger partial charge in [-0.25, -0.2) is 4.79 Å². The van der Waals surface area contributed by atoms with Crippen LogP contribution in [0.1, 0.15) is 51.3 Å². The van der Waals surface area contributed by atoms with E-state index in [2.05, 4.69) is 23.3 Å². The molecular weight excluding hydrogens is 498 g/mol. The molecular formula is C30H37N3O4S. The molecule has 38 heavy (non-hydrogen) atoms. The van der Waals surface area contributed by atoms with Gasteiger partial charge in [0.05, 0.1) is 0 Å². The summed E-state index contributed by atoms with van der Waals surface area (Å²) in [5.74, 6) is -0.702. The van der Waals surface area contributed by atoms with Crippen molar-refractivity contribution in [1.29, 1.82) is 0 Å². The second-order valence-corrected chi connectivity index (χ2v) is 10.6. The molecule has 0 saturated carbocycles. The Morgan fingerprint density at radius 3 is 2.26 bits per heavy atom. The number of aryl methyl sites for hydroxylation is 1. The van der Waals surface area contributed by atoms with Crippen LogP contribution in [0.25, 0.3) is 10.8 Å². The highest BCUT2D eigenvalue weighted by molar-refractivity contribution is 7.80. The van der Waals surface area contributed by atoms with Gasteiger partial charge in [-0.05, 0) is 68.1 Å². The summed E-state index contributed by atoms with van der Waals surface area (Å²) < 4.78 is 5.35. The van der Waals surface area contributed by atoms with E-state index in [0.29, 0.717) is 24.2 Å². The molecule has 202 valence electrons. The number of carbonyl (C=O) groups excluding carboxylic acids is 3. The smallest absolute Gasteiger partial charge is 0.408 e. The maximum absolute atomic E-state index is 13.9. The van der Waals surface area contributed by atoms with Crippen molar-refractivity contribution in [2.24, 2.45) is 0 Å². The quantitative estimate of drug-likeness (QED) is 0.298. The third-order valence-electron chi connectivity index (χ3n) is 5.98. The average Bonchev–Trinajstić information content (AvgIpc) is 2.86. The Morgan fingerprint density at radius 1 is 0.974 bits per heavy atom. The van der Waals surface area contributed by atoms with Gasteiger partial charge in [-0.15, -0.1) is 0 Å². The van der Waals surface area contributed by atoms with Crippen molar-refractivity contribution in [3.63, 3.8) is 0 Å². The minimum absolute atomic E-state index is 0.0467. The molecule has 0 saturated heterocycles. The third-order valence-corrected chi connectivity index (χ3v) is 6.34. The SMILES string of the molecule is CCCN(C(=O)C(CS)NC(=O)OC(C)(C)C)C(C(=O)Nc1ccc2ccccc2c1)c1ccccc1C. The van der Waals surface area contributed by atoms with Crippen LogP contribution in [-0.2, 0) is 14.3 Å². The average molecular weight is 536 g/mol. The molecule has 8 heteroatoms. The first-order valence-electron chi connectivity index (χ1n) is 12.8. The molecule has 3 amide bonds. The number of carbonyl (C=O) groups is 3. The van der Waals surface area contributed by atoms with Gasteiger partial charge in [0.1, 0.15) is 17.7 Å². The highest BCUT2D eigenvalue weighted by atomic mass is 32.1. The zero-order valence-corrected chi connectivity index (χ0v) is 23.5. The van der Waals surface area contributed by atoms with Crippen LogP contribution < -0.4 is 10.6 Å². The second-order valence-electron chi connectivity index (χ2n) is 10.2. The lowest BCUT2D eigenvalue weighted by Gasteiger charge is -2.34. The van der Waals surface area contributed by atoms with Gasteiger partial charge in [0, 0.05) is 18.0 Å². The second kappa shape index (κ2) is 12.8. The number of alkyl carbamates (subject to hydrolysis) is 1. The van der Waals surface area contributed by atoms with E-state index in [9.17, 15) is 14.4 Å². The highest BCUT2D eigenvalue weighted by Crippen LogP contribution is 2.28. The van der Waals surface area contributed by atoms with Crippen LogP contribution in [0.2, 0.25) is 0 Å². The fourth-order valence-corrected chi connectivity index (χ4v) is 4.51. The highest BCUT2D eigenvalue weighted by Gasteiger charge is 2.36. The molecule has 0 radical (unpaired) electrons. The standard InChI is InChI=1S/C30H37N3O4S/c1-6-17-33(28(35)25(19-38)32-29(36)37-30(3,4)5)26(24-14-10-7-11-20(24)2)27(34)31-23-16-15-21-12-8-9-13-22(21)18-23/h7-16,18,25-26,38H,6,17,19H2,1-5H3,(H,31,34)(H,32,36). The van der Waals surface area contributed by atoms with E-state index in [1.807, 2.05) is 80.6 Å². The molecule has 2 unspecified atom stereocenters. The van der Waals surface area contributed by atoms with Crippen LogP contribution in [0.15, 0.2) is 66.7 Å². The Balaban J connectivity index is 1.97. The van der Waals surface area contributed by atoms with E-state index >= 15 is 0 Å². The minimum atomic E-state index is -0.972. The van der Waals surface area contributed by atoms with Crippen molar-refractivity contribution in [2.75, 3.05) is 17.6 Å². The van der Waals surface area contributed by atoms with E-state index in [-0.39, 0.29) is 11.7 Å². The van der Waals surface area contributed by atoms with Crippen LogP contribution >= 0.6 is 12.6 Å². The van der Waals surface area contributed by atoms with Crippen molar-refractivity contribution in [1.82, 2.24) is 10.2 Å². The van der Waals surface area contributed by atoms with Crippen molar-refractivity contribution in [2.45, 2.75) is 58.7 Å². The van der Waals surface area contributed by atoms with Gasteiger partial charge in [0.2, 0.25) is 5.91 Å². The number of fused-ring (bicyclic) bond motifs is 1. The predicted octanol–water partition coefficient (Wildman–Crippen LogP) is 5.89. The fourth-order valence-electron chi connectivity index (χ4n) is 4.26. The molecule has 0 aliphatic carbocycles. The summed E-state index contributed by atoms with van der Waals surface area (Å²) in [6.07, 6.45) is -0.0993. The van der Waals surface area contributed by atoms with Crippen LogP contribution in [0.4, 0.5) is 10.5 Å².